The van der Waals surface area contributed by atoms with E-state index in [1.165, 1.54) is 5.56 Å². The summed E-state index contributed by atoms with van der Waals surface area (Å²) in [6.45, 7) is 8.62. The molecular weight excluding hydrogens is 394 g/mol. The van der Waals surface area contributed by atoms with Gasteiger partial charge in [-0.05, 0) is 36.6 Å². The summed E-state index contributed by atoms with van der Waals surface area (Å²) in [4.78, 5) is 12.1. The largest absolute Gasteiger partial charge is 0.423 e. The van der Waals surface area contributed by atoms with Gasteiger partial charge in [0.25, 0.3) is 0 Å². The molecule has 0 amide bonds. The first-order valence-corrected chi connectivity index (χ1v) is 10.9. The number of fused-ring (bicyclic) bond motifs is 1. The Morgan fingerprint density at radius 2 is 2.03 bits per heavy atom. The molecule has 0 saturated carbocycles. The maximum atomic E-state index is 12.1. The summed E-state index contributed by atoms with van der Waals surface area (Å²) in [6, 6.07) is 15.8. The highest BCUT2D eigenvalue weighted by atomic mass is 32.2. The summed E-state index contributed by atoms with van der Waals surface area (Å²) < 4.78 is 7.47. The molecule has 30 heavy (non-hydrogen) atoms. The molecule has 0 N–H and O–H groups in total. The molecule has 6 heteroatoms. The summed E-state index contributed by atoms with van der Waals surface area (Å²) in [6.07, 6.45) is 2.73. The molecule has 0 atom stereocenters. The van der Waals surface area contributed by atoms with E-state index in [4.69, 9.17) is 4.42 Å². The molecule has 2 aromatic carbocycles. The van der Waals surface area contributed by atoms with Crippen LogP contribution in [-0.2, 0) is 18.7 Å². The summed E-state index contributed by atoms with van der Waals surface area (Å²) in [7, 11) is 0. The SMILES string of the molecule is C=CCn1c(SCc2cc(=O)oc3cc(CC)ccc23)nnc1-c1cccc(C)c1. The fourth-order valence-electron chi connectivity index (χ4n) is 3.44. The maximum Gasteiger partial charge on any atom is 0.336 e. The number of hydrogen-bond donors (Lipinski definition) is 0. The second-order valence-corrected chi connectivity index (χ2v) is 8.08. The Kier molecular flexibility index (Phi) is 5.86. The zero-order valence-corrected chi connectivity index (χ0v) is 17.9. The summed E-state index contributed by atoms with van der Waals surface area (Å²) in [5.74, 6) is 1.41. The van der Waals surface area contributed by atoms with Crippen LogP contribution in [-0.4, -0.2) is 14.8 Å². The van der Waals surface area contributed by atoms with Gasteiger partial charge in [-0.15, -0.1) is 16.8 Å². The van der Waals surface area contributed by atoms with Crippen molar-refractivity contribution in [2.75, 3.05) is 0 Å². The summed E-state index contributed by atoms with van der Waals surface area (Å²) in [5.41, 5.74) is 4.56. The normalized spacial score (nSPS) is 11.1. The first-order valence-electron chi connectivity index (χ1n) is 9.88. The lowest BCUT2D eigenvalue weighted by atomic mass is 10.1. The van der Waals surface area contributed by atoms with E-state index in [1.54, 1.807) is 17.8 Å². The third kappa shape index (κ3) is 4.09. The Labute approximate surface area is 179 Å². The summed E-state index contributed by atoms with van der Waals surface area (Å²) >= 11 is 1.55. The third-order valence-electron chi connectivity index (χ3n) is 4.96. The van der Waals surface area contributed by atoms with Gasteiger partial charge in [-0.25, -0.2) is 4.79 Å². The van der Waals surface area contributed by atoms with E-state index in [0.717, 1.165) is 39.5 Å². The molecule has 5 nitrogen and oxygen atoms in total. The molecule has 2 heterocycles. The van der Waals surface area contributed by atoms with Crippen LogP contribution in [0.2, 0.25) is 0 Å². The fourth-order valence-corrected chi connectivity index (χ4v) is 4.38. The lowest BCUT2D eigenvalue weighted by molar-refractivity contribution is 0.559. The van der Waals surface area contributed by atoms with Crippen LogP contribution in [0.4, 0.5) is 0 Å². The number of nitrogens with zero attached hydrogens (tertiary/aromatic N) is 3. The molecule has 152 valence electrons. The number of benzene rings is 2. The molecule has 0 saturated heterocycles. The highest BCUT2D eigenvalue weighted by molar-refractivity contribution is 7.98. The van der Waals surface area contributed by atoms with Gasteiger partial charge in [0, 0.05) is 29.3 Å². The monoisotopic (exact) mass is 417 g/mol. The standard InChI is InChI=1S/C24H23N3O2S/c1-4-11-27-23(18-8-6-7-16(3)12-18)25-26-24(27)30-15-19-14-22(28)29-21-13-17(5-2)9-10-20(19)21/h4,6-10,12-14H,1,5,11,15H2,2-3H3. The quantitative estimate of drug-likeness (QED) is 0.229. The van der Waals surface area contributed by atoms with Crippen LogP contribution < -0.4 is 5.63 Å². The van der Waals surface area contributed by atoms with Crippen LogP contribution in [0.1, 0.15) is 23.6 Å². The van der Waals surface area contributed by atoms with Crippen LogP contribution >= 0.6 is 11.8 Å². The molecule has 0 fully saturated rings. The van der Waals surface area contributed by atoms with Gasteiger partial charge in [0.15, 0.2) is 11.0 Å². The van der Waals surface area contributed by atoms with Gasteiger partial charge in [0.05, 0.1) is 0 Å². The van der Waals surface area contributed by atoms with Crippen molar-refractivity contribution >= 4 is 22.7 Å². The lowest BCUT2D eigenvalue weighted by Crippen LogP contribution is -2.02. The number of rotatable bonds is 7. The van der Waals surface area contributed by atoms with Crippen LogP contribution in [0.15, 0.2) is 75.6 Å². The Morgan fingerprint density at radius 1 is 1.17 bits per heavy atom. The predicted octanol–water partition coefficient (Wildman–Crippen LogP) is 5.40. The molecule has 4 aromatic rings. The van der Waals surface area contributed by atoms with Crippen molar-refractivity contribution in [3.8, 4) is 11.4 Å². The van der Waals surface area contributed by atoms with E-state index in [1.807, 2.05) is 30.3 Å². The zero-order valence-electron chi connectivity index (χ0n) is 17.1. The smallest absolute Gasteiger partial charge is 0.336 e. The number of allylic oxidation sites excluding steroid dienone is 1. The van der Waals surface area contributed by atoms with Gasteiger partial charge < -0.3 is 4.42 Å². The average molecular weight is 418 g/mol. The number of hydrogen-bond acceptors (Lipinski definition) is 5. The van der Waals surface area contributed by atoms with E-state index in [-0.39, 0.29) is 5.63 Å². The highest BCUT2D eigenvalue weighted by Gasteiger charge is 2.15. The van der Waals surface area contributed by atoms with Crippen LogP contribution in [0.25, 0.3) is 22.4 Å². The van der Waals surface area contributed by atoms with Gasteiger partial charge in [0.2, 0.25) is 0 Å². The Balaban J connectivity index is 1.67. The second kappa shape index (κ2) is 8.71. The van der Waals surface area contributed by atoms with Crippen molar-refractivity contribution in [2.24, 2.45) is 0 Å². The molecule has 0 aliphatic heterocycles. The molecule has 0 bridgehead atoms. The van der Waals surface area contributed by atoms with Gasteiger partial charge in [-0.1, -0.05) is 60.7 Å². The van der Waals surface area contributed by atoms with Gasteiger partial charge in [-0.3, -0.25) is 4.57 Å². The first-order chi connectivity index (χ1) is 14.6. The highest BCUT2D eigenvalue weighted by Crippen LogP contribution is 2.29. The Morgan fingerprint density at radius 3 is 2.80 bits per heavy atom. The van der Waals surface area contributed by atoms with Crippen molar-refractivity contribution < 1.29 is 4.42 Å². The number of thioether (sulfide) groups is 1. The Hall–Kier alpha value is -3.12. The van der Waals surface area contributed by atoms with E-state index >= 15 is 0 Å². The molecule has 0 unspecified atom stereocenters. The summed E-state index contributed by atoms with van der Waals surface area (Å²) in [5, 5.41) is 10.6. The fraction of sp³-hybridized carbons (Fsp3) is 0.208. The van der Waals surface area contributed by atoms with Gasteiger partial charge >= 0.3 is 5.63 Å². The number of aromatic nitrogens is 3. The van der Waals surface area contributed by atoms with Crippen molar-refractivity contribution in [3.05, 3.63) is 88.3 Å². The van der Waals surface area contributed by atoms with Crippen molar-refractivity contribution in [1.29, 1.82) is 0 Å². The predicted molar refractivity (Wildman–Crippen MR) is 122 cm³/mol. The first kappa shape index (κ1) is 20.2. The van der Waals surface area contributed by atoms with Gasteiger partial charge in [0.1, 0.15) is 5.58 Å². The molecule has 0 aliphatic carbocycles. The average Bonchev–Trinajstić information content (AvgIpc) is 3.14. The molecule has 0 aliphatic rings. The molecule has 2 aromatic heterocycles. The molecular formula is C24H23N3O2S. The van der Waals surface area contributed by atoms with E-state index < -0.39 is 0 Å². The minimum atomic E-state index is -0.334. The van der Waals surface area contributed by atoms with Crippen LogP contribution in [0, 0.1) is 6.92 Å². The Bertz CT molecular complexity index is 1270. The molecule has 0 spiro atoms. The zero-order chi connectivity index (χ0) is 21.1. The van der Waals surface area contributed by atoms with E-state index in [9.17, 15) is 4.79 Å². The van der Waals surface area contributed by atoms with E-state index in [0.29, 0.717) is 17.9 Å². The minimum Gasteiger partial charge on any atom is -0.423 e. The van der Waals surface area contributed by atoms with Crippen molar-refractivity contribution in [3.63, 3.8) is 0 Å². The second-order valence-electron chi connectivity index (χ2n) is 7.14. The minimum absolute atomic E-state index is 0.334. The third-order valence-corrected chi connectivity index (χ3v) is 5.98. The maximum absolute atomic E-state index is 12.1. The topological polar surface area (TPSA) is 60.9 Å². The molecule has 0 radical (unpaired) electrons. The van der Waals surface area contributed by atoms with Crippen LogP contribution in [0.5, 0.6) is 0 Å². The lowest BCUT2D eigenvalue weighted by Gasteiger charge is -2.09. The van der Waals surface area contributed by atoms with Gasteiger partial charge in [-0.2, -0.15) is 0 Å². The number of aryl methyl sites for hydroxylation is 2. The van der Waals surface area contributed by atoms with Crippen molar-refractivity contribution in [2.45, 2.75) is 37.7 Å². The molecule has 4 rings (SSSR count). The van der Waals surface area contributed by atoms with Crippen molar-refractivity contribution in [1.82, 2.24) is 14.8 Å². The van der Waals surface area contributed by atoms with Crippen LogP contribution in [0.3, 0.4) is 0 Å². The van der Waals surface area contributed by atoms with E-state index in [2.05, 4.69) is 53.4 Å².